The maximum atomic E-state index is 8.22. The third-order valence-corrected chi connectivity index (χ3v) is 1.93. The highest BCUT2D eigenvalue weighted by Gasteiger charge is 1.98. The van der Waals surface area contributed by atoms with Crippen molar-refractivity contribution in [3.63, 3.8) is 0 Å². The van der Waals surface area contributed by atoms with Gasteiger partial charge in [0.2, 0.25) is 0 Å². The fraction of sp³-hybridized carbons (Fsp3) is 0.125. The number of ether oxygens (including phenoxy) is 1. The van der Waals surface area contributed by atoms with Crippen molar-refractivity contribution in [3.05, 3.63) is 28.2 Å². The van der Waals surface area contributed by atoms with Gasteiger partial charge in [-0.3, -0.25) is 0 Å². The molecule has 0 aromatic heterocycles. The van der Waals surface area contributed by atoms with E-state index in [-0.39, 0.29) is 6.61 Å². The third-order valence-electron chi connectivity index (χ3n) is 1.19. The Morgan fingerprint density at radius 2 is 2.08 bits per heavy atom. The minimum absolute atomic E-state index is 0.0119. The van der Waals surface area contributed by atoms with Crippen molar-refractivity contribution < 1.29 is 4.74 Å². The molecule has 0 amide bonds. The van der Waals surface area contributed by atoms with Crippen molar-refractivity contribution in [2.24, 2.45) is 0 Å². The molecule has 1 rings (SSSR count). The summed E-state index contributed by atoms with van der Waals surface area (Å²) in [4.78, 5) is 0. The Kier molecular flexibility index (Phi) is 3.21. The molecule has 0 unspecified atom stereocenters. The summed E-state index contributed by atoms with van der Waals surface area (Å²) < 4.78 is 4.99. The van der Waals surface area contributed by atoms with Gasteiger partial charge in [-0.2, -0.15) is 5.26 Å². The zero-order chi connectivity index (χ0) is 8.97. The van der Waals surface area contributed by atoms with Crippen molar-refractivity contribution in [1.29, 1.82) is 5.26 Å². The van der Waals surface area contributed by atoms with Gasteiger partial charge in [-0.1, -0.05) is 23.2 Å². The zero-order valence-electron chi connectivity index (χ0n) is 6.05. The molecule has 0 fully saturated rings. The van der Waals surface area contributed by atoms with Gasteiger partial charge in [-0.15, -0.1) is 0 Å². The second kappa shape index (κ2) is 4.20. The number of hydrogen-bond acceptors (Lipinski definition) is 2. The van der Waals surface area contributed by atoms with Gasteiger partial charge in [0.05, 0.1) is 10.0 Å². The molecule has 4 heteroatoms. The molecule has 1 aromatic rings. The molecule has 0 saturated heterocycles. The van der Waals surface area contributed by atoms with E-state index >= 15 is 0 Å². The predicted molar refractivity (Wildman–Crippen MR) is 47.6 cm³/mol. The Balaban J connectivity index is 2.77. The largest absolute Gasteiger partial charge is 0.479 e. The molecule has 0 aliphatic carbocycles. The van der Waals surface area contributed by atoms with Crippen LogP contribution in [-0.4, -0.2) is 6.61 Å². The molecule has 0 radical (unpaired) electrons. The van der Waals surface area contributed by atoms with Crippen LogP contribution in [-0.2, 0) is 0 Å². The second-order valence-corrected chi connectivity index (χ2v) is 2.84. The average Bonchev–Trinajstić information content (AvgIpc) is 2.07. The monoisotopic (exact) mass is 201 g/mol. The lowest BCUT2D eigenvalue weighted by molar-refractivity contribution is 0.368. The van der Waals surface area contributed by atoms with Crippen molar-refractivity contribution in [1.82, 2.24) is 0 Å². The number of rotatable bonds is 2. The Bertz CT molecular complexity index is 319. The molecule has 12 heavy (non-hydrogen) atoms. The molecular formula is C8H5Cl2NO. The van der Waals surface area contributed by atoms with Crippen LogP contribution in [0.3, 0.4) is 0 Å². The topological polar surface area (TPSA) is 33.0 Å². The second-order valence-electron chi connectivity index (χ2n) is 2.02. The third kappa shape index (κ3) is 2.30. The maximum absolute atomic E-state index is 8.22. The van der Waals surface area contributed by atoms with Crippen LogP contribution in [0.4, 0.5) is 0 Å². The van der Waals surface area contributed by atoms with Crippen molar-refractivity contribution in [3.8, 4) is 11.8 Å². The van der Waals surface area contributed by atoms with E-state index in [1.807, 2.05) is 6.07 Å². The first kappa shape index (κ1) is 9.18. The van der Waals surface area contributed by atoms with Crippen LogP contribution >= 0.6 is 23.2 Å². The van der Waals surface area contributed by atoms with Crippen molar-refractivity contribution >= 4 is 23.2 Å². The molecule has 0 spiro atoms. The summed E-state index contributed by atoms with van der Waals surface area (Å²) in [7, 11) is 0. The zero-order valence-corrected chi connectivity index (χ0v) is 7.56. The van der Waals surface area contributed by atoms with Gasteiger partial charge in [0.15, 0.2) is 6.61 Å². The number of hydrogen-bond donors (Lipinski definition) is 0. The molecule has 0 saturated carbocycles. The summed E-state index contributed by atoms with van der Waals surface area (Å²) in [6, 6.07) is 6.70. The van der Waals surface area contributed by atoms with Crippen molar-refractivity contribution in [2.45, 2.75) is 0 Å². The van der Waals surface area contributed by atoms with Gasteiger partial charge in [0, 0.05) is 6.07 Å². The summed E-state index contributed by atoms with van der Waals surface area (Å²) >= 11 is 11.4. The van der Waals surface area contributed by atoms with E-state index in [2.05, 4.69) is 0 Å². The highest BCUT2D eigenvalue weighted by atomic mass is 35.5. The van der Waals surface area contributed by atoms with Crippen LogP contribution in [0.15, 0.2) is 18.2 Å². The Labute approximate surface area is 80.3 Å². The Morgan fingerprint density at radius 3 is 2.67 bits per heavy atom. The quantitative estimate of drug-likeness (QED) is 0.738. The molecule has 0 heterocycles. The fourth-order valence-electron chi connectivity index (χ4n) is 0.682. The summed E-state index contributed by atoms with van der Waals surface area (Å²) in [5.41, 5.74) is 0. The number of nitriles is 1. The molecule has 1 aromatic carbocycles. The van der Waals surface area contributed by atoms with Crippen molar-refractivity contribution in [2.75, 3.05) is 6.61 Å². The van der Waals surface area contributed by atoms with Gasteiger partial charge >= 0.3 is 0 Å². The van der Waals surface area contributed by atoms with Gasteiger partial charge in [-0.05, 0) is 12.1 Å². The smallest absolute Gasteiger partial charge is 0.174 e. The minimum atomic E-state index is 0.0119. The van der Waals surface area contributed by atoms with Gasteiger partial charge in [0.1, 0.15) is 11.8 Å². The van der Waals surface area contributed by atoms with E-state index in [4.69, 9.17) is 33.2 Å². The van der Waals surface area contributed by atoms with E-state index in [0.29, 0.717) is 15.8 Å². The summed E-state index contributed by atoms with van der Waals surface area (Å²) in [5, 5.41) is 9.11. The van der Waals surface area contributed by atoms with Gasteiger partial charge in [-0.25, -0.2) is 0 Å². The fourth-order valence-corrected chi connectivity index (χ4v) is 0.970. The van der Waals surface area contributed by atoms with Gasteiger partial charge < -0.3 is 4.74 Å². The van der Waals surface area contributed by atoms with Crippen LogP contribution in [0.25, 0.3) is 0 Å². The Hall–Kier alpha value is -0.910. The molecule has 0 aliphatic heterocycles. The van der Waals surface area contributed by atoms with Crippen LogP contribution in [0, 0.1) is 11.3 Å². The summed E-state index contributed by atoms with van der Waals surface area (Å²) in [5.74, 6) is 0.547. The number of halogens is 2. The van der Waals surface area contributed by atoms with E-state index in [1.165, 1.54) is 0 Å². The minimum Gasteiger partial charge on any atom is -0.479 e. The van der Waals surface area contributed by atoms with Crippen LogP contribution in [0.5, 0.6) is 5.75 Å². The highest BCUT2D eigenvalue weighted by Crippen LogP contribution is 2.26. The first-order chi connectivity index (χ1) is 5.74. The SMILES string of the molecule is N#CCOc1ccc(Cl)c(Cl)c1. The number of nitrogens with zero attached hydrogens (tertiary/aromatic N) is 1. The lowest BCUT2D eigenvalue weighted by Crippen LogP contribution is -1.92. The summed E-state index contributed by atoms with van der Waals surface area (Å²) in [6.07, 6.45) is 0. The van der Waals surface area contributed by atoms with E-state index in [0.717, 1.165) is 0 Å². The molecule has 0 bridgehead atoms. The van der Waals surface area contributed by atoms with E-state index < -0.39 is 0 Å². The van der Waals surface area contributed by atoms with Crippen LogP contribution < -0.4 is 4.74 Å². The molecule has 0 N–H and O–H groups in total. The Morgan fingerprint density at radius 1 is 1.33 bits per heavy atom. The highest BCUT2D eigenvalue weighted by molar-refractivity contribution is 6.42. The first-order valence-corrected chi connectivity index (χ1v) is 3.94. The number of benzene rings is 1. The van der Waals surface area contributed by atoms with E-state index in [1.54, 1.807) is 18.2 Å². The van der Waals surface area contributed by atoms with E-state index in [9.17, 15) is 0 Å². The molecule has 62 valence electrons. The maximum Gasteiger partial charge on any atom is 0.174 e. The summed E-state index contributed by atoms with van der Waals surface area (Å²) in [6.45, 7) is 0.0119. The molecule has 0 atom stereocenters. The first-order valence-electron chi connectivity index (χ1n) is 3.19. The standard InChI is InChI=1S/C8H5Cl2NO/c9-7-2-1-6(5-8(7)10)12-4-3-11/h1-2,5H,4H2. The predicted octanol–water partition coefficient (Wildman–Crippen LogP) is 2.90. The molecular weight excluding hydrogens is 197 g/mol. The normalized spacial score (nSPS) is 9.08. The van der Waals surface area contributed by atoms with Crippen LogP contribution in [0.1, 0.15) is 0 Å². The lowest BCUT2D eigenvalue weighted by Gasteiger charge is -2.01. The van der Waals surface area contributed by atoms with Gasteiger partial charge in [0.25, 0.3) is 0 Å². The van der Waals surface area contributed by atoms with Crippen LogP contribution in [0.2, 0.25) is 10.0 Å². The molecule has 0 aliphatic rings. The lowest BCUT2D eigenvalue weighted by atomic mass is 10.3. The average molecular weight is 202 g/mol. The molecule has 2 nitrogen and oxygen atoms in total.